The summed E-state index contributed by atoms with van der Waals surface area (Å²) in [6, 6.07) is 0. The Kier molecular flexibility index (Phi) is 10.3. The third-order valence-electron chi connectivity index (χ3n) is 4.12. The van der Waals surface area contributed by atoms with Gasteiger partial charge in [0.25, 0.3) is 0 Å². The first-order valence-corrected chi connectivity index (χ1v) is 8.23. The van der Waals surface area contributed by atoms with Crippen LogP contribution in [-0.2, 0) is 9.47 Å². The summed E-state index contributed by atoms with van der Waals surface area (Å²) < 4.78 is 10.9. The maximum Gasteiger partial charge on any atom is 0.0897 e. The minimum absolute atomic E-state index is 0.354. The second-order valence-corrected chi connectivity index (χ2v) is 6.04. The van der Waals surface area contributed by atoms with Gasteiger partial charge in [0.05, 0.1) is 18.8 Å². The lowest BCUT2D eigenvalue weighted by molar-refractivity contribution is -0.0451. The van der Waals surface area contributed by atoms with Crippen LogP contribution in [0.5, 0.6) is 0 Å². The summed E-state index contributed by atoms with van der Waals surface area (Å²) in [6.07, 6.45) is 8.41. The van der Waals surface area contributed by atoms with Crippen molar-refractivity contribution in [3.63, 3.8) is 0 Å². The molecule has 4 heteroatoms. The maximum atomic E-state index is 9.90. The normalized spacial score (nSPS) is 24.8. The number of hydrogen-bond donors (Lipinski definition) is 2. The van der Waals surface area contributed by atoms with E-state index in [4.69, 9.17) is 9.47 Å². The zero-order valence-electron chi connectivity index (χ0n) is 13.3. The third-order valence-corrected chi connectivity index (χ3v) is 4.12. The summed E-state index contributed by atoms with van der Waals surface area (Å²) in [7, 11) is 1.74. The molecule has 0 radical (unpaired) electrons. The molecule has 3 atom stereocenters. The van der Waals surface area contributed by atoms with E-state index in [1.165, 1.54) is 25.7 Å². The lowest BCUT2D eigenvalue weighted by Gasteiger charge is -2.29. The van der Waals surface area contributed by atoms with Crippen molar-refractivity contribution in [2.45, 2.75) is 64.1 Å². The maximum absolute atomic E-state index is 9.90. The molecule has 0 aromatic carbocycles. The standard InChI is InChI=1S/C16H33NO3/c1-14-8-4-5-9-16(14)20-13-15(18)12-17-10-6-3-7-11-19-2/h14-18H,3-13H2,1-2H3. The zero-order chi connectivity index (χ0) is 14.6. The van der Waals surface area contributed by atoms with E-state index >= 15 is 0 Å². The molecule has 4 nitrogen and oxygen atoms in total. The van der Waals surface area contributed by atoms with Crippen molar-refractivity contribution in [2.24, 2.45) is 5.92 Å². The average Bonchev–Trinajstić information content (AvgIpc) is 2.45. The van der Waals surface area contributed by atoms with Gasteiger partial charge in [-0.1, -0.05) is 19.8 Å². The number of aliphatic hydroxyl groups excluding tert-OH is 1. The molecule has 20 heavy (non-hydrogen) atoms. The molecule has 0 heterocycles. The van der Waals surface area contributed by atoms with Crippen LogP contribution < -0.4 is 5.32 Å². The van der Waals surface area contributed by atoms with Gasteiger partial charge in [0.1, 0.15) is 0 Å². The number of hydrogen-bond acceptors (Lipinski definition) is 4. The summed E-state index contributed by atoms with van der Waals surface area (Å²) in [6.45, 7) is 5.15. The minimum Gasteiger partial charge on any atom is -0.389 e. The number of unbranched alkanes of at least 4 members (excludes halogenated alkanes) is 2. The largest absolute Gasteiger partial charge is 0.389 e. The minimum atomic E-state index is -0.386. The number of nitrogens with one attached hydrogen (secondary N) is 1. The number of rotatable bonds is 11. The van der Waals surface area contributed by atoms with Gasteiger partial charge in [-0.25, -0.2) is 0 Å². The SMILES string of the molecule is COCCCCCNCC(O)COC1CCCCC1C. The molecule has 2 N–H and O–H groups in total. The molecule has 0 amide bonds. The molecule has 3 unspecified atom stereocenters. The van der Waals surface area contributed by atoms with Gasteiger partial charge in [0.2, 0.25) is 0 Å². The average molecular weight is 287 g/mol. The Morgan fingerprint density at radius 1 is 1.20 bits per heavy atom. The summed E-state index contributed by atoms with van der Waals surface area (Å²) in [5, 5.41) is 13.2. The van der Waals surface area contributed by atoms with E-state index in [0.717, 1.165) is 32.4 Å². The lowest BCUT2D eigenvalue weighted by Crippen LogP contribution is -2.34. The van der Waals surface area contributed by atoms with Gasteiger partial charge in [-0.3, -0.25) is 0 Å². The Morgan fingerprint density at radius 3 is 2.75 bits per heavy atom. The predicted molar refractivity (Wildman–Crippen MR) is 82.0 cm³/mol. The molecule has 1 rings (SSSR count). The van der Waals surface area contributed by atoms with Crippen molar-refractivity contribution in [3.8, 4) is 0 Å². The molecule has 1 fully saturated rings. The van der Waals surface area contributed by atoms with Crippen LogP contribution in [0, 0.1) is 5.92 Å². The van der Waals surface area contributed by atoms with Crippen LogP contribution in [-0.4, -0.2) is 50.7 Å². The number of methoxy groups -OCH3 is 1. The van der Waals surface area contributed by atoms with Crippen LogP contribution >= 0.6 is 0 Å². The Morgan fingerprint density at radius 2 is 2.00 bits per heavy atom. The molecular weight excluding hydrogens is 254 g/mol. The first-order chi connectivity index (χ1) is 9.74. The van der Waals surface area contributed by atoms with Gasteiger partial charge in [0, 0.05) is 20.3 Å². The van der Waals surface area contributed by atoms with Gasteiger partial charge in [-0.15, -0.1) is 0 Å². The van der Waals surface area contributed by atoms with Crippen molar-refractivity contribution in [1.29, 1.82) is 0 Å². The zero-order valence-corrected chi connectivity index (χ0v) is 13.3. The highest BCUT2D eigenvalue weighted by Gasteiger charge is 2.22. The smallest absolute Gasteiger partial charge is 0.0897 e. The molecule has 120 valence electrons. The first kappa shape index (κ1) is 17.9. The fourth-order valence-electron chi connectivity index (χ4n) is 2.77. The molecule has 0 saturated heterocycles. The second-order valence-electron chi connectivity index (χ2n) is 6.04. The molecule has 0 spiro atoms. The third kappa shape index (κ3) is 8.20. The van der Waals surface area contributed by atoms with E-state index in [1.54, 1.807) is 7.11 Å². The predicted octanol–water partition coefficient (Wildman–Crippen LogP) is 2.35. The highest BCUT2D eigenvalue weighted by Crippen LogP contribution is 2.26. The molecule has 0 bridgehead atoms. The second kappa shape index (κ2) is 11.5. The Hall–Kier alpha value is -0.160. The summed E-state index contributed by atoms with van der Waals surface area (Å²) >= 11 is 0. The number of ether oxygens (including phenoxy) is 2. The van der Waals surface area contributed by atoms with Crippen molar-refractivity contribution in [1.82, 2.24) is 5.32 Å². The quantitative estimate of drug-likeness (QED) is 0.573. The summed E-state index contributed by atoms with van der Waals surface area (Å²) in [5.41, 5.74) is 0. The van der Waals surface area contributed by atoms with Gasteiger partial charge < -0.3 is 19.9 Å². The Balaban J connectivity index is 1.93. The topological polar surface area (TPSA) is 50.7 Å². The van der Waals surface area contributed by atoms with Crippen LogP contribution in [0.1, 0.15) is 51.9 Å². The van der Waals surface area contributed by atoms with E-state index < -0.39 is 0 Å². The molecule has 0 aromatic rings. The fraction of sp³-hybridized carbons (Fsp3) is 1.00. The molecule has 1 aliphatic rings. The van der Waals surface area contributed by atoms with Gasteiger partial charge in [-0.05, 0) is 44.6 Å². The van der Waals surface area contributed by atoms with Gasteiger partial charge in [-0.2, -0.15) is 0 Å². The molecule has 0 aromatic heterocycles. The van der Waals surface area contributed by atoms with Crippen LogP contribution in [0.4, 0.5) is 0 Å². The first-order valence-electron chi connectivity index (χ1n) is 8.23. The molecule has 1 saturated carbocycles. The molecule has 0 aliphatic heterocycles. The highest BCUT2D eigenvalue weighted by molar-refractivity contribution is 4.73. The van der Waals surface area contributed by atoms with E-state index in [1.807, 2.05) is 0 Å². The van der Waals surface area contributed by atoms with Gasteiger partial charge in [0.15, 0.2) is 0 Å². The monoisotopic (exact) mass is 287 g/mol. The summed E-state index contributed by atoms with van der Waals surface area (Å²) in [4.78, 5) is 0. The van der Waals surface area contributed by atoms with Crippen LogP contribution in [0.15, 0.2) is 0 Å². The number of aliphatic hydroxyl groups is 1. The van der Waals surface area contributed by atoms with E-state index in [2.05, 4.69) is 12.2 Å². The van der Waals surface area contributed by atoms with Crippen LogP contribution in [0.25, 0.3) is 0 Å². The van der Waals surface area contributed by atoms with Crippen molar-refractivity contribution in [2.75, 3.05) is 33.4 Å². The van der Waals surface area contributed by atoms with Crippen molar-refractivity contribution in [3.05, 3.63) is 0 Å². The molecular formula is C16H33NO3. The van der Waals surface area contributed by atoms with E-state index in [9.17, 15) is 5.11 Å². The van der Waals surface area contributed by atoms with E-state index in [-0.39, 0.29) is 6.10 Å². The fourth-order valence-corrected chi connectivity index (χ4v) is 2.77. The van der Waals surface area contributed by atoms with Gasteiger partial charge >= 0.3 is 0 Å². The van der Waals surface area contributed by atoms with E-state index in [0.29, 0.717) is 25.2 Å². The van der Waals surface area contributed by atoms with Crippen molar-refractivity contribution >= 4 is 0 Å². The van der Waals surface area contributed by atoms with Crippen molar-refractivity contribution < 1.29 is 14.6 Å². The highest BCUT2D eigenvalue weighted by atomic mass is 16.5. The lowest BCUT2D eigenvalue weighted by atomic mass is 9.88. The summed E-state index contributed by atoms with van der Waals surface area (Å²) in [5.74, 6) is 0.643. The van der Waals surface area contributed by atoms with Crippen LogP contribution in [0.3, 0.4) is 0 Å². The van der Waals surface area contributed by atoms with Crippen LogP contribution in [0.2, 0.25) is 0 Å². The Labute approximate surface area is 124 Å². The molecule has 1 aliphatic carbocycles. The Bertz CT molecular complexity index is 226.